The standard InChI is InChI=1S/C20H26F3NO3S/c1-3-19-8-9-24(12-14-4-5-14)18(13(19)2)10-15-6-7-16(11-17(15)19)27-28(25,26)20(21,22)23/h6-7,11,13-14,18H,3-5,8-10,12H2,1-2H3/t13-,18+,19+/m1/s1. The summed E-state index contributed by atoms with van der Waals surface area (Å²) < 4.78 is 65.3. The van der Waals surface area contributed by atoms with Crippen molar-refractivity contribution in [2.75, 3.05) is 13.1 Å². The molecule has 156 valence electrons. The molecule has 4 nitrogen and oxygen atoms in total. The van der Waals surface area contributed by atoms with Gasteiger partial charge in [-0.3, -0.25) is 4.90 Å². The van der Waals surface area contributed by atoms with Gasteiger partial charge in [0.05, 0.1) is 0 Å². The van der Waals surface area contributed by atoms with Gasteiger partial charge in [0, 0.05) is 18.0 Å². The van der Waals surface area contributed by atoms with Gasteiger partial charge in [0.25, 0.3) is 0 Å². The van der Waals surface area contributed by atoms with Crippen LogP contribution in [0.2, 0.25) is 0 Å². The van der Waals surface area contributed by atoms with Crippen molar-refractivity contribution in [3.8, 4) is 5.75 Å². The molecule has 1 aromatic carbocycles. The van der Waals surface area contributed by atoms with Gasteiger partial charge in [-0.2, -0.15) is 21.6 Å². The number of likely N-dealkylation sites (tertiary alicyclic amines) is 1. The summed E-state index contributed by atoms with van der Waals surface area (Å²) in [5.41, 5.74) is -3.53. The van der Waals surface area contributed by atoms with Crippen molar-refractivity contribution in [3.05, 3.63) is 29.3 Å². The summed E-state index contributed by atoms with van der Waals surface area (Å²) in [5.74, 6) is 0.910. The Morgan fingerprint density at radius 3 is 2.61 bits per heavy atom. The maximum Gasteiger partial charge on any atom is 0.534 e. The minimum absolute atomic E-state index is 0.153. The highest BCUT2D eigenvalue weighted by Crippen LogP contribution is 2.52. The molecule has 0 N–H and O–H groups in total. The monoisotopic (exact) mass is 417 g/mol. The average molecular weight is 417 g/mol. The first-order chi connectivity index (χ1) is 13.1. The van der Waals surface area contributed by atoms with E-state index < -0.39 is 15.6 Å². The first-order valence-corrected chi connectivity index (χ1v) is 11.4. The predicted molar refractivity (Wildman–Crippen MR) is 99.6 cm³/mol. The van der Waals surface area contributed by atoms with E-state index in [1.54, 1.807) is 6.07 Å². The fourth-order valence-corrected chi connectivity index (χ4v) is 5.75. The molecule has 1 heterocycles. The Morgan fingerprint density at radius 1 is 1.29 bits per heavy atom. The van der Waals surface area contributed by atoms with Crippen LogP contribution in [0.5, 0.6) is 5.75 Å². The molecule has 3 atom stereocenters. The lowest BCUT2D eigenvalue weighted by Crippen LogP contribution is -2.59. The smallest absolute Gasteiger partial charge is 0.376 e. The van der Waals surface area contributed by atoms with Crippen molar-refractivity contribution in [3.63, 3.8) is 0 Å². The third-order valence-electron chi connectivity index (χ3n) is 7.12. The molecule has 1 saturated heterocycles. The fourth-order valence-electron chi connectivity index (χ4n) is 5.30. The van der Waals surface area contributed by atoms with Crippen molar-refractivity contribution in [1.29, 1.82) is 0 Å². The average Bonchev–Trinajstić information content (AvgIpc) is 3.41. The van der Waals surface area contributed by atoms with Gasteiger partial charge in [-0.1, -0.05) is 19.9 Å². The van der Waals surface area contributed by atoms with E-state index in [0.29, 0.717) is 12.0 Å². The molecular weight excluding hydrogens is 391 g/mol. The Hall–Kier alpha value is -1.28. The van der Waals surface area contributed by atoms with Gasteiger partial charge in [0.2, 0.25) is 0 Å². The molecule has 1 aliphatic heterocycles. The van der Waals surface area contributed by atoms with E-state index in [1.807, 2.05) is 0 Å². The van der Waals surface area contributed by atoms with E-state index in [1.165, 1.54) is 25.0 Å². The normalized spacial score (nSPS) is 30.8. The third kappa shape index (κ3) is 3.22. The number of fused-ring (bicyclic) bond motifs is 4. The maximum absolute atomic E-state index is 12.7. The number of alkyl halides is 3. The summed E-state index contributed by atoms with van der Waals surface area (Å²) in [7, 11) is -5.66. The predicted octanol–water partition coefficient (Wildman–Crippen LogP) is 4.24. The minimum atomic E-state index is -5.66. The lowest BCUT2D eigenvalue weighted by atomic mass is 9.57. The number of hydrogen-bond donors (Lipinski definition) is 0. The van der Waals surface area contributed by atoms with E-state index >= 15 is 0 Å². The van der Waals surface area contributed by atoms with Gasteiger partial charge in [0.1, 0.15) is 5.75 Å². The topological polar surface area (TPSA) is 46.6 Å². The van der Waals surface area contributed by atoms with Gasteiger partial charge in [-0.15, -0.1) is 0 Å². The van der Waals surface area contributed by atoms with E-state index in [0.717, 1.165) is 49.4 Å². The minimum Gasteiger partial charge on any atom is -0.376 e. The summed E-state index contributed by atoms with van der Waals surface area (Å²) in [5, 5.41) is 0. The molecule has 0 amide bonds. The van der Waals surface area contributed by atoms with Crippen molar-refractivity contribution in [2.24, 2.45) is 11.8 Å². The van der Waals surface area contributed by atoms with Crippen molar-refractivity contribution in [2.45, 2.75) is 62.9 Å². The lowest BCUT2D eigenvalue weighted by Gasteiger charge is -2.56. The van der Waals surface area contributed by atoms with Gasteiger partial charge in [-0.05, 0) is 73.7 Å². The van der Waals surface area contributed by atoms with Crippen LogP contribution in [-0.2, 0) is 22.0 Å². The number of rotatable bonds is 5. The van der Waals surface area contributed by atoms with Gasteiger partial charge < -0.3 is 4.18 Å². The molecule has 2 aliphatic carbocycles. The zero-order valence-electron chi connectivity index (χ0n) is 16.1. The molecule has 0 unspecified atom stereocenters. The molecule has 28 heavy (non-hydrogen) atoms. The van der Waals surface area contributed by atoms with Crippen LogP contribution < -0.4 is 4.18 Å². The number of benzene rings is 1. The molecule has 2 bridgehead atoms. The van der Waals surface area contributed by atoms with Crippen LogP contribution in [0, 0.1) is 11.8 Å². The Balaban J connectivity index is 1.68. The molecular formula is C20H26F3NO3S. The van der Waals surface area contributed by atoms with Crippen LogP contribution in [0.15, 0.2) is 18.2 Å². The second-order valence-electron chi connectivity index (χ2n) is 8.56. The number of nitrogens with zero attached hydrogens (tertiary/aromatic N) is 1. The molecule has 2 fully saturated rings. The second-order valence-corrected chi connectivity index (χ2v) is 10.1. The third-order valence-corrected chi connectivity index (χ3v) is 8.10. The van der Waals surface area contributed by atoms with Crippen LogP contribution in [0.25, 0.3) is 0 Å². The van der Waals surface area contributed by atoms with Gasteiger partial charge >= 0.3 is 15.6 Å². The largest absolute Gasteiger partial charge is 0.534 e. The van der Waals surface area contributed by atoms with Crippen LogP contribution in [0.3, 0.4) is 0 Å². The molecule has 0 spiro atoms. The van der Waals surface area contributed by atoms with E-state index in [2.05, 4.69) is 22.9 Å². The number of halogens is 3. The van der Waals surface area contributed by atoms with Crippen LogP contribution >= 0.6 is 0 Å². The van der Waals surface area contributed by atoms with Crippen LogP contribution in [0.4, 0.5) is 13.2 Å². The van der Waals surface area contributed by atoms with E-state index in [9.17, 15) is 21.6 Å². The summed E-state index contributed by atoms with van der Waals surface area (Å²) in [6.45, 7) is 6.45. The zero-order valence-corrected chi connectivity index (χ0v) is 16.9. The Morgan fingerprint density at radius 2 is 2.00 bits per heavy atom. The number of piperidine rings is 1. The Kier molecular flexibility index (Phi) is 4.73. The van der Waals surface area contributed by atoms with E-state index in [-0.39, 0.29) is 11.2 Å². The summed E-state index contributed by atoms with van der Waals surface area (Å²) >= 11 is 0. The molecule has 1 saturated carbocycles. The van der Waals surface area contributed by atoms with Gasteiger partial charge in [0.15, 0.2) is 0 Å². The lowest BCUT2D eigenvalue weighted by molar-refractivity contribution is -0.0500. The molecule has 1 aromatic rings. The number of hydrogen-bond acceptors (Lipinski definition) is 4. The van der Waals surface area contributed by atoms with Crippen LogP contribution in [0.1, 0.15) is 50.7 Å². The quantitative estimate of drug-likeness (QED) is 0.531. The highest BCUT2D eigenvalue weighted by atomic mass is 32.2. The SMILES string of the molecule is CC[C@@]12CCN(CC3CC3)[C@@H](Cc3ccc(OS(=O)(=O)C(F)(F)F)cc31)[C@H]2C. The Labute approximate surface area is 164 Å². The second kappa shape index (κ2) is 6.62. The maximum atomic E-state index is 12.7. The van der Waals surface area contributed by atoms with Crippen molar-refractivity contribution in [1.82, 2.24) is 4.90 Å². The Bertz CT molecular complexity index is 866. The summed E-state index contributed by atoms with van der Waals surface area (Å²) in [4.78, 5) is 2.59. The van der Waals surface area contributed by atoms with Gasteiger partial charge in [-0.25, -0.2) is 0 Å². The molecule has 4 rings (SSSR count). The summed E-state index contributed by atoms with van der Waals surface area (Å²) in [6.07, 6.45) is 5.25. The molecule has 8 heteroatoms. The highest BCUT2D eigenvalue weighted by Gasteiger charge is 2.52. The molecule has 0 aromatic heterocycles. The first-order valence-electron chi connectivity index (χ1n) is 9.95. The van der Waals surface area contributed by atoms with Crippen LogP contribution in [-0.4, -0.2) is 38.0 Å². The molecule has 3 aliphatic rings. The first kappa shape index (κ1) is 20.0. The molecule has 0 radical (unpaired) electrons. The van der Waals surface area contributed by atoms with Crippen molar-refractivity contribution >= 4 is 10.1 Å². The summed E-state index contributed by atoms with van der Waals surface area (Å²) in [6, 6.07) is 5.06. The zero-order chi connectivity index (χ0) is 20.3. The van der Waals surface area contributed by atoms with E-state index in [4.69, 9.17) is 0 Å². The fraction of sp³-hybridized carbons (Fsp3) is 0.700. The van der Waals surface area contributed by atoms with Crippen molar-refractivity contribution < 1.29 is 25.8 Å². The highest BCUT2D eigenvalue weighted by molar-refractivity contribution is 7.88.